The molecule has 0 fully saturated rings. The predicted octanol–water partition coefficient (Wildman–Crippen LogP) is 2.10. The Bertz CT molecular complexity index is 722. The summed E-state index contributed by atoms with van der Waals surface area (Å²) < 4.78 is 4.84. The highest BCUT2D eigenvalue weighted by Crippen LogP contribution is 2.06. The fourth-order valence-corrected chi connectivity index (χ4v) is 2.40. The van der Waals surface area contributed by atoms with Crippen molar-refractivity contribution in [2.75, 3.05) is 19.7 Å². The number of hydrogen-bond acceptors (Lipinski definition) is 5. The molecule has 0 saturated heterocycles. The summed E-state index contributed by atoms with van der Waals surface area (Å²) in [6.45, 7) is 4.56. The van der Waals surface area contributed by atoms with Gasteiger partial charge in [-0.1, -0.05) is 12.1 Å². The van der Waals surface area contributed by atoms with Gasteiger partial charge in [0.25, 0.3) is 0 Å². The number of hydrogen-bond donors (Lipinski definition) is 1. The topological polar surface area (TPSA) is 84.4 Å². The maximum Gasteiger partial charge on any atom is 0.325 e. The smallest absolute Gasteiger partial charge is 0.325 e. The van der Waals surface area contributed by atoms with Gasteiger partial charge in [-0.2, -0.15) is 0 Å². The second-order valence-electron chi connectivity index (χ2n) is 5.73. The van der Waals surface area contributed by atoms with Gasteiger partial charge in [0.2, 0.25) is 0 Å². The second-order valence-corrected chi connectivity index (χ2v) is 5.73. The van der Waals surface area contributed by atoms with Crippen LogP contribution in [0.1, 0.15) is 24.0 Å². The van der Waals surface area contributed by atoms with E-state index in [1.807, 2.05) is 43.3 Å². The van der Waals surface area contributed by atoms with Crippen LogP contribution in [0.25, 0.3) is 0 Å². The summed E-state index contributed by atoms with van der Waals surface area (Å²) in [6, 6.07) is 11.0. The fourth-order valence-electron chi connectivity index (χ4n) is 2.40. The van der Waals surface area contributed by atoms with Crippen LogP contribution in [-0.2, 0) is 22.5 Å². The van der Waals surface area contributed by atoms with Gasteiger partial charge in [0.1, 0.15) is 6.54 Å². The van der Waals surface area contributed by atoms with E-state index in [9.17, 15) is 9.59 Å². The van der Waals surface area contributed by atoms with Crippen molar-refractivity contribution in [1.29, 1.82) is 0 Å². The second kappa shape index (κ2) is 10.1. The van der Waals surface area contributed by atoms with Gasteiger partial charge < -0.3 is 15.0 Å². The Balaban J connectivity index is 2.01. The van der Waals surface area contributed by atoms with Crippen LogP contribution in [0.2, 0.25) is 0 Å². The van der Waals surface area contributed by atoms with Gasteiger partial charge in [0, 0.05) is 30.6 Å². The SMILES string of the molecule is CCOC(=O)CNC(=O)N(CCc1ccccn1)Cc1cccc(C)n1. The number of urea groups is 1. The van der Waals surface area contributed by atoms with E-state index in [-0.39, 0.29) is 19.2 Å². The summed E-state index contributed by atoms with van der Waals surface area (Å²) in [4.78, 5) is 34.3. The minimum atomic E-state index is -0.459. The van der Waals surface area contributed by atoms with Crippen molar-refractivity contribution in [2.24, 2.45) is 0 Å². The lowest BCUT2D eigenvalue weighted by atomic mass is 10.2. The molecule has 0 bridgehead atoms. The van der Waals surface area contributed by atoms with Gasteiger partial charge in [-0.05, 0) is 38.1 Å². The van der Waals surface area contributed by atoms with Crippen molar-refractivity contribution >= 4 is 12.0 Å². The molecule has 138 valence electrons. The lowest BCUT2D eigenvalue weighted by molar-refractivity contribution is -0.141. The molecule has 0 radical (unpaired) electrons. The number of rotatable bonds is 8. The van der Waals surface area contributed by atoms with Crippen LogP contribution in [0.15, 0.2) is 42.6 Å². The first kappa shape index (κ1) is 19.4. The molecule has 2 aromatic heterocycles. The molecule has 0 unspecified atom stereocenters. The van der Waals surface area contributed by atoms with Gasteiger partial charge >= 0.3 is 12.0 Å². The molecular weight excluding hydrogens is 332 g/mol. The normalized spacial score (nSPS) is 10.2. The van der Waals surface area contributed by atoms with Crippen molar-refractivity contribution in [1.82, 2.24) is 20.2 Å². The zero-order valence-corrected chi connectivity index (χ0v) is 15.1. The van der Waals surface area contributed by atoms with Crippen molar-refractivity contribution in [3.05, 3.63) is 59.7 Å². The lowest BCUT2D eigenvalue weighted by Crippen LogP contribution is -2.43. The van der Waals surface area contributed by atoms with Crippen LogP contribution in [0.3, 0.4) is 0 Å². The average molecular weight is 356 g/mol. The molecule has 2 aromatic rings. The molecule has 2 rings (SSSR count). The number of aromatic nitrogens is 2. The van der Waals surface area contributed by atoms with Gasteiger partial charge in [0.15, 0.2) is 0 Å². The van der Waals surface area contributed by atoms with Gasteiger partial charge in [0.05, 0.1) is 18.8 Å². The Morgan fingerprint density at radius 3 is 2.65 bits per heavy atom. The van der Waals surface area contributed by atoms with E-state index < -0.39 is 5.97 Å². The van der Waals surface area contributed by atoms with Gasteiger partial charge in [-0.15, -0.1) is 0 Å². The van der Waals surface area contributed by atoms with E-state index in [1.54, 1.807) is 18.0 Å². The molecule has 2 amide bonds. The number of aryl methyl sites for hydroxylation is 1. The highest BCUT2D eigenvalue weighted by molar-refractivity contribution is 5.80. The highest BCUT2D eigenvalue weighted by atomic mass is 16.5. The molecule has 2 heterocycles. The third kappa shape index (κ3) is 6.51. The first-order valence-electron chi connectivity index (χ1n) is 8.59. The highest BCUT2D eigenvalue weighted by Gasteiger charge is 2.16. The van der Waals surface area contributed by atoms with Crippen LogP contribution in [0.5, 0.6) is 0 Å². The van der Waals surface area contributed by atoms with E-state index in [4.69, 9.17) is 4.74 Å². The zero-order valence-electron chi connectivity index (χ0n) is 15.1. The molecule has 0 aliphatic heterocycles. The summed E-state index contributed by atoms with van der Waals surface area (Å²) >= 11 is 0. The minimum Gasteiger partial charge on any atom is -0.465 e. The van der Waals surface area contributed by atoms with Gasteiger partial charge in [-0.25, -0.2) is 4.79 Å². The lowest BCUT2D eigenvalue weighted by Gasteiger charge is -2.22. The molecule has 0 saturated carbocycles. The Kier molecular flexibility index (Phi) is 7.54. The van der Waals surface area contributed by atoms with Crippen LogP contribution >= 0.6 is 0 Å². The van der Waals surface area contributed by atoms with Crippen LogP contribution in [0.4, 0.5) is 4.79 Å². The Labute approximate surface area is 153 Å². The number of nitrogens with one attached hydrogen (secondary N) is 1. The number of ether oxygens (including phenoxy) is 1. The molecule has 26 heavy (non-hydrogen) atoms. The number of carbonyl (C=O) groups is 2. The summed E-state index contributed by atoms with van der Waals surface area (Å²) in [5.74, 6) is -0.459. The third-order valence-electron chi connectivity index (χ3n) is 3.64. The van der Waals surface area contributed by atoms with Crippen molar-refractivity contribution in [3.8, 4) is 0 Å². The maximum atomic E-state index is 12.5. The molecule has 1 N–H and O–H groups in total. The first-order chi connectivity index (χ1) is 12.6. The van der Waals surface area contributed by atoms with Crippen molar-refractivity contribution < 1.29 is 14.3 Å². The molecule has 7 nitrogen and oxygen atoms in total. The molecule has 0 aliphatic rings. The minimum absolute atomic E-state index is 0.159. The van der Waals surface area contributed by atoms with E-state index in [0.717, 1.165) is 17.1 Å². The Morgan fingerprint density at radius 2 is 1.96 bits per heavy atom. The van der Waals surface area contributed by atoms with Crippen LogP contribution in [-0.4, -0.2) is 46.6 Å². The Morgan fingerprint density at radius 1 is 1.15 bits per heavy atom. The van der Waals surface area contributed by atoms with Gasteiger partial charge in [-0.3, -0.25) is 14.8 Å². The third-order valence-corrected chi connectivity index (χ3v) is 3.64. The molecule has 0 aromatic carbocycles. The van der Waals surface area contributed by atoms with E-state index >= 15 is 0 Å². The standard InChI is InChI=1S/C19H24N4O3/c1-3-26-18(24)13-21-19(25)23(12-10-16-8-4-5-11-20-16)14-17-9-6-7-15(2)22-17/h4-9,11H,3,10,12-14H2,1-2H3,(H,21,25). The molecule has 0 atom stereocenters. The van der Waals surface area contributed by atoms with E-state index in [1.165, 1.54) is 0 Å². The van der Waals surface area contributed by atoms with Crippen molar-refractivity contribution in [2.45, 2.75) is 26.8 Å². The van der Waals surface area contributed by atoms with Crippen LogP contribution in [0, 0.1) is 6.92 Å². The monoisotopic (exact) mass is 356 g/mol. The van der Waals surface area contributed by atoms with E-state index in [0.29, 0.717) is 19.5 Å². The molecule has 0 spiro atoms. The number of esters is 1. The number of carbonyl (C=O) groups excluding carboxylic acids is 2. The molecule has 0 aliphatic carbocycles. The molecular formula is C19H24N4O3. The van der Waals surface area contributed by atoms with E-state index in [2.05, 4.69) is 15.3 Å². The first-order valence-corrected chi connectivity index (χ1v) is 8.59. The zero-order chi connectivity index (χ0) is 18.8. The summed E-state index contributed by atoms with van der Waals surface area (Å²) in [5, 5.41) is 2.60. The average Bonchev–Trinajstić information content (AvgIpc) is 2.64. The van der Waals surface area contributed by atoms with Crippen molar-refractivity contribution in [3.63, 3.8) is 0 Å². The quantitative estimate of drug-likeness (QED) is 0.732. The van der Waals surface area contributed by atoms with Crippen LogP contribution < -0.4 is 5.32 Å². The number of pyridine rings is 2. The maximum absolute atomic E-state index is 12.5. The summed E-state index contributed by atoms with van der Waals surface area (Å²) in [5.41, 5.74) is 2.57. The number of amides is 2. The fraction of sp³-hybridized carbons (Fsp3) is 0.368. The summed E-state index contributed by atoms with van der Waals surface area (Å²) in [7, 11) is 0. The largest absolute Gasteiger partial charge is 0.465 e. The predicted molar refractivity (Wildman–Crippen MR) is 97.4 cm³/mol. The molecule has 7 heteroatoms. The Hall–Kier alpha value is -2.96. The summed E-state index contributed by atoms with van der Waals surface area (Å²) in [6.07, 6.45) is 2.34. The number of nitrogens with zero attached hydrogens (tertiary/aromatic N) is 3.